The van der Waals surface area contributed by atoms with E-state index in [1.807, 2.05) is 29.2 Å². The first-order valence-corrected chi connectivity index (χ1v) is 9.22. The summed E-state index contributed by atoms with van der Waals surface area (Å²) in [4.78, 5) is 19.2. The first-order chi connectivity index (χ1) is 11.6. The van der Waals surface area contributed by atoms with Crippen molar-refractivity contribution in [2.24, 2.45) is 0 Å². The van der Waals surface area contributed by atoms with Crippen molar-refractivity contribution in [3.05, 3.63) is 45.6 Å². The van der Waals surface area contributed by atoms with Crippen molar-refractivity contribution in [3.8, 4) is 5.75 Å². The van der Waals surface area contributed by atoms with Crippen LogP contribution in [0.2, 0.25) is 0 Å². The molecule has 2 heterocycles. The quantitative estimate of drug-likeness (QED) is 0.850. The number of anilines is 1. The number of carbonyl (C=O) groups excluding carboxylic acids is 1. The van der Waals surface area contributed by atoms with Crippen LogP contribution in [0.25, 0.3) is 0 Å². The van der Waals surface area contributed by atoms with Crippen LogP contribution >= 0.6 is 11.3 Å². The molecule has 0 atom stereocenters. The van der Waals surface area contributed by atoms with Gasteiger partial charge in [0.2, 0.25) is 0 Å². The van der Waals surface area contributed by atoms with Gasteiger partial charge < -0.3 is 14.5 Å². The van der Waals surface area contributed by atoms with Crippen LogP contribution in [0.3, 0.4) is 0 Å². The number of piperazine rings is 1. The van der Waals surface area contributed by atoms with Crippen LogP contribution < -0.4 is 9.64 Å². The fraction of sp³-hybridized carbons (Fsp3) is 0.421. The Morgan fingerprint density at radius 2 is 1.92 bits per heavy atom. The minimum atomic E-state index is 0.169. The summed E-state index contributed by atoms with van der Waals surface area (Å²) < 4.78 is 5.45. The molecule has 1 fully saturated rings. The Bertz CT molecular complexity index is 718. The molecule has 0 spiro atoms. The smallest absolute Gasteiger partial charge is 0.264 e. The second kappa shape index (κ2) is 7.26. The van der Waals surface area contributed by atoms with Crippen LogP contribution in [0.15, 0.2) is 30.3 Å². The molecule has 1 aromatic heterocycles. The number of ether oxygens (including phenoxy) is 1. The van der Waals surface area contributed by atoms with E-state index < -0.39 is 0 Å². The second-order valence-corrected chi connectivity index (χ2v) is 7.16. The number of aryl methyl sites for hydroxylation is 2. The lowest BCUT2D eigenvalue weighted by Crippen LogP contribution is -2.48. The van der Waals surface area contributed by atoms with Gasteiger partial charge in [-0.2, -0.15) is 0 Å². The van der Waals surface area contributed by atoms with E-state index in [2.05, 4.69) is 24.8 Å². The first-order valence-electron chi connectivity index (χ1n) is 8.40. The maximum Gasteiger partial charge on any atom is 0.264 e. The van der Waals surface area contributed by atoms with Crippen molar-refractivity contribution in [3.63, 3.8) is 0 Å². The summed E-state index contributed by atoms with van der Waals surface area (Å²) in [5, 5.41) is 0. The molecule has 0 saturated carbocycles. The monoisotopic (exact) mass is 344 g/mol. The molecular weight excluding hydrogens is 320 g/mol. The number of thiophene rings is 1. The van der Waals surface area contributed by atoms with Crippen molar-refractivity contribution < 1.29 is 9.53 Å². The molecule has 5 heteroatoms. The number of benzene rings is 1. The molecule has 1 aliphatic heterocycles. The predicted octanol–water partition coefficient (Wildman–Crippen LogP) is 3.59. The van der Waals surface area contributed by atoms with E-state index >= 15 is 0 Å². The van der Waals surface area contributed by atoms with Crippen LogP contribution in [0, 0.1) is 6.92 Å². The van der Waals surface area contributed by atoms with Crippen molar-refractivity contribution in [1.82, 2.24) is 4.90 Å². The fourth-order valence-corrected chi connectivity index (χ4v) is 4.26. The lowest BCUT2D eigenvalue weighted by atomic mass is 10.2. The number of rotatable bonds is 4. The number of hydrogen-bond acceptors (Lipinski definition) is 4. The molecule has 1 aromatic carbocycles. The van der Waals surface area contributed by atoms with Crippen molar-refractivity contribution >= 4 is 22.9 Å². The Labute approximate surface area is 147 Å². The highest BCUT2D eigenvalue weighted by molar-refractivity contribution is 7.14. The molecule has 4 nitrogen and oxygen atoms in total. The lowest BCUT2D eigenvalue weighted by molar-refractivity contribution is 0.0751. The minimum absolute atomic E-state index is 0.169. The number of carbonyl (C=O) groups is 1. The van der Waals surface area contributed by atoms with Gasteiger partial charge in [-0.25, -0.2) is 0 Å². The first kappa shape index (κ1) is 16.8. The van der Waals surface area contributed by atoms with Crippen LogP contribution in [-0.4, -0.2) is 44.1 Å². The zero-order valence-corrected chi connectivity index (χ0v) is 15.4. The number of para-hydroxylation sites is 2. The topological polar surface area (TPSA) is 32.8 Å². The molecule has 0 aliphatic carbocycles. The number of methoxy groups -OCH3 is 1. The summed E-state index contributed by atoms with van der Waals surface area (Å²) in [5.74, 6) is 1.06. The zero-order valence-electron chi connectivity index (χ0n) is 14.5. The minimum Gasteiger partial charge on any atom is -0.495 e. The Kier molecular flexibility index (Phi) is 5.09. The highest BCUT2D eigenvalue weighted by Gasteiger charge is 2.25. The van der Waals surface area contributed by atoms with E-state index in [-0.39, 0.29) is 5.91 Å². The average Bonchev–Trinajstić information content (AvgIpc) is 3.02. The third kappa shape index (κ3) is 3.26. The van der Waals surface area contributed by atoms with Crippen LogP contribution in [0.5, 0.6) is 5.75 Å². The van der Waals surface area contributed by atoms with Gasteiger partial charge in [-0.3, -0.25) is 4.79 Å². The highest BCUT2D eigenvalue weighted by Crippen LogP contribution is 2.29. The number of amides is 1. The van der Waals surface area contributed by atoms with Gasteiger partial charge in [-0.05, 0) is 37.1 Å². The number of hydrogen-bond donors (Lipinski definition) is 0. The normalized spacial score (nSPS) is 14.8. The second-order valence-electron chi connectivity index (χ2n) is 6.02. The maximum atomic E-state index is 12.7. The van der Waals surface area contributed by atoms with Crippen LogP contribution in [0.4, 0.5) is 5.69 Å². The highest BCUT2D eigenvalue weighted by atomic mass is 32.1. The van der Waals surface area contributed by atoms with E-state index in [0.717, 1.165) is 48.9 Å². The average molecular weight is 344 g/mol. The maximum absolute atomic E-state index is 12.7. The molecule has 1 saturated heterocycles. The summed E-state index contributed by atoms with van der Waals surface area (Å²) in [5.41, 5.74) is 2.34. The van der Waals surface area contributed by atoms with Crippen molar-refractivity contribution in [2.75, 3.05) is 38.2 Å². The van der Waals surface area contributed by atoms with Crippen molar-refractivity contribution in [1.29, 1.82) is 0 Å². The molecule has 24 heavy (non-hydrogen) atoms. The van der Waals surface area contributed by atoms with Gasteiger partial charge in [0.15, 0.2) is 0 Å². The van der Waals surface area contributed by atoms with Gasteiger partial charge in [0.1, 0.15) is 5.75 Å². The van der Waals surface area contributed by atoms with E-state index in [0.29, 0.717) is 0 Å². The summed E-state index contributed by atoms with van der Waals surface area (Å²) in [6.45, 7) is 7.38. The Morgan fingerprint density at radius 1 is 1.21 bits per heavy atom. The Morgan fingerprint density at radius 3 is 2.54 bits per heavy atom. The predicted molar refractivity (Wildman–Crippen MR) is 99.5 cm³/mol. The summed E-state index contributed by atoms with van der Waals surface area (Å²) in [7, 11) is 1.70. The molecular formula is C19H24N2O2S. The lowest BCUT2D eigenvalue weighted by Gasteiger charge is -2.36. The van der Waals surface area contributed by atoms with Crippen LogP contribution in [0.1, 0.15) is 27.0 Å². The zero-order chi connectivity index (χ0) is 17.1. The molecule has 3 rings (SSSR count). The van der Waals surface area contributed by atoms with Gasteiger partial charge in [0.25, 0.3) is 5.91 Å². The van der Waals surface area contributed by atoms with Gasteiger partial charge in [0.05, 0.1) is 17.7 Å². The van der Waals surface area contributed by atoms with Crippen molar-refractivity contribution in [2.45, 2.75) is 20.3 Å². The molecule has 1 amide bonds. The SMILES string of the molecule is CCc1sc(C(=O)N2CCN(c3ccccc3OC)CC2)cc1C. The Balaban J connectivity index is 1.67. The number of nitrogens with zero attached hydrogens (tertiary/aromatic N) is 2. The molecule has 0 bridgehead atoms. The summed E-state index contributed by atoms with van der Waals surface area (Å²) >= 11 is 1.64. The Hall–Kier alpha value is -2.01. The van der Waals surface area contributed by atoms with Gasteiger partial charge in [-0.15, -0.1) is 11.3 Å². The third-order valence-electron chi connectivity index (χ3n) is 4.55. The molecule has 1 aliphatic rings. The van der Waals surface area contributed by atoms with Crippen LogP contribution in [-0.2, 0) is 6.42 Å². The standard InChI is InChI=1S/C19H24N2O2S/c1-4-17-14(2)13-18(24-17)19(22)21-11-9-20(10-12-21)15-7-5-6-8-16(15)23-3/h5-8,13H,4,9-12H2,1-3H3. The molecule has 0 N–H and O–H groups in total. The van der Waals surface area contributed by atoms with E-state index in [4.69, 9.17) is 4.74 Å². The molecule has 128 valence electrons. The summed E-state index contributed by atoms with van der Waals surface area (Å²) in [6, 6.07) is 10.1. The fourth-order valence-electron chi connectivity index (χ4n) is 3.17. The molecule has 0 radical (unpaired) electrons. The van der Waals surface area contributed by atoms with Gasteiger partial charge in [-0.1, -0.05) is 19.1 Å². The van der Waals surface area contributed by atoms with E-state index in [9.17, 15) is 4.79 Å². The van der Waals surface area contributed by atoms with Gasteiger partial charge in [0, 0.05) is 31.1 Å². The largest absolute Gasteiger partial charge is 0.495 e. The van der Waals surface area contributed by atoms with E-state index in [1.54, 1.807) is 18.4 Å². The van der Waals surface area contributed by atoms with E-state index in [1.165, 1.54) is 10.4 Å². The molecule has 2 aromatic rings. The third-order valence-corrected chi connectivity index (χ3v) is 5.91. The van der Waals surface area contributed by atoms with Gasteiger partial charge >= 0.3 is 0 Å². The molecule has 0 unspecified atom stereocenters. The summed E-state index contributed by atoms with van der Waals surface area (Å²) in [6.07, 6.45) is 0.991.